The Bertz CT molecular complexity index is 486. The zero-order valence-corrected chi connectivity index (χ0v) is 12.9. The lowest BCUT2D eigenvalue weighted by molar-refractivity contribution is -0.117. The Kier molecular flexibility index (Phi) is 6.88. The average Bonchev–Trinajstić information content (AvgIpc) is 2.45. The smallest absolute Gasteiger partial charge is 0.339 e. The summed E-state index contributed by atoms with van der Waals surface area (Å²) in [7, 11) is 1.31. The van der Waals surface area contributed by atoms with Gasteiger partial charge in [0.1, 0.15) is 0 Å². The molecule has 0 radical (unpaired) electrons. The quantitative estimate of drug-likeness (QED) is 0.756. The van der Waals surface area contributed by atoms with Crippen LogP contribution in [-0.4, -0.2) is 25.5 Å². The van der Waals surface area contributed by atoms with Crippen LogP contribution >= 0.6 is 0 Å². The number of hydrogen-bond donors (Lipinski definition) is 2. The lowest BCUT2D eigenvalue weighted by Gasteiger charge is -2.17. The summed E-state index contributed by atoms with van der Waals surface area (Å²) in [6, 6.07) is 6.79. The summed E-state index contributed by atoms with van der Waals surface area (Å²) < 4.78 is 4.70. The monoisotopic (exact) mass is 292 g/mol. The first-order valence-corrected chi connectivity index (χ1v) is 7.15. The van der Waals surface area contributed by atoms with Crippen LogP contribution in [0.4, 0.5) is 5.69 Å². The van der Waals surface area contributed by atoms with Crippen LogP contribution in [0.1, 0.15) is 37.0 Å². The zero-order chi connectivity index (χ0) is 15.8. The fourth-order valence-corrected chi connectivity index (χ4v) is 2.27. The molecule has 0 fully saturated rings. The van der Waals surface area contributed by atoms with E-state index in [-0.39, 0.29) is 11.8 Å². The van der Waals surface area contributed by atoms with Crippen LogP contribution in [0.5, 0.6) is 0 Å². The van der Waals surface area contributed by atoms with Gasteiger partial charge in [-0.3, -0.25) is 4.79 Å². The second-order valence-electron chi connectivity index (χ2n) is 5.52. The lowest BCUT2D eigenvalue weighted by Crippen LogP contribution is -2.24. The zero-order valence-electron chi connectivity index (χ0n) is 12.9. The summed E-state index contributed by atoms with van der Waals surface area (Å²) >= 11 is 0. The number of nitrogens with two attached hydrogens (primary N) is 1. The summed E-state index contributed by atoms with van der Waals surface area (Å²) in [6.07, 6.45) is 1.26. The fraction of sp³-hybridized carbons (Fsp3) is 0.500. The second-order valence-corrected chi connectivity index (χ2v) is 5.52. The predicted octanol–water partition coefficient (Wildman–Crippen LogP) is 2.42. The first-order chi connectivity index (χ1) is 9.97. The second kappa shape index (κ2) is 8.42. The van der Waals surface area contributed by atoms with Crippen LogP contribution in [0.25, 0.3) is 0 Å². The molecule has 0 aliphatic heterocycles. The first kappa shape index (κ1) is 17.2. The Morgan fingerprint density at radius 3 is 2.52 bits per heavy atom. The number of methoxy groups -OCH3 is 1. The molecule has 1 rings (SSSR count). The van der Waals surface area contributed by atoms with Gasteiger partial charge in [0, 0.05) is 6.42 Å². The largest absolute Gasteiger partial charge is 0.465 e. The highest BCUT2D eigenvalue weighted by Crippen LogP contribution is 2.19. The summed E-state index contributed by atoms with van der Waals surface area (Å²) in [4.78, 5) is 23.8. The van der Waals surface area contributed by atoms with Gasteiger partial charge in [-0.05, 0) is 36.9 Å². The summed E-state index contributed by atoms with van der Waals surface area (Å²) in [6.45, 7) is 4.69. The SMILES string of the molecule is COC(=O)c1ccccc1NC(=O)C[C@@H](CN)CC(C)C. The maximum atomic E-state index is 12.1. The number of esters is 1. The van der Waals surface area contributed by atoms with Crippen molar-refractivity contribution in [2.75, 3.05) is 19.0 Å². The van der Waals surface area contributed by atoms with E-state index in [4.69, 9.17) is 10.5 Å². The Morgan fingerprint density at radius 1 is 1.29 bits per heavy atom. The Balaban J connectivity index is 2.72. The predicted molar refractivity (Wildman–Crippen MR) is 83.0 cm³/mol. The molecule has 1 amide bonds. The maximum absolute atomic E-state index is 12.1. The van der Waals surface area contributed by atoms with Crippen LogP contribution in [0.15, 0.2) is 24.3 Å². The number of carbonyl (C=O) groups excluding carboxylic acids is 2. The third-order valence-electron chi connectivity index (χ3n) is 3.22. The highest BCUT2D eigenvalue weighted by atomic mass is 16.5. The van der Waals surface area contributed by atoms with Crippen molar-refractivity contribution in [2.45, 2.75) is 26.7 Å². The minimum atomic E-state index is -0.469. The molecule has 5 nitrogen and oxygen atoms in total. The summed E-state index contributed by atoms with van der Waals surface area (Å²) in [5.41, 5.74) is 6.52. The molecular weight excluding hydrogens is 268 g/mol. The molecular formula is C16H24N2O3. The highest BCUT2D eigenvalue weighted by Gasteiger charge is 2.17. The van der Waals surface area contributed by atoms with E-state index < -0.39 is 5.97 Å². The van der Waals surface area contributed by atoms with Crippen LogP contribution in [-0.2, 0) is 9.53 Å². The molecule has 0 saturated heterocycles. The molecule has 21 heavy (non-hydrogen) atoms. The number of carbonyl (C=O) groups is 2. The molecule has 1 atom stereocenters. The lowest BCUT2D eigenvalue weighted by atomic mass is 9.94. The van der Waals surface area contributed by atoms with E-state index in [2.05, 4.69) is 19.2 Å². The molecule has 1 aromatic rings. The van der Waals surface area contributed by atoms with E-state index in [1.54, 1.807) is 24.3 Å². The van der Waals surface area contributed by atoms with Crippen LogP contribution in [0, 0.1) is 11.8 Å². The van der Waals surface area contributed by atoms with Gasteiger partial charge in [0.25, 0.3) is 0 Å². The molecule has 0 heterocycles. The molecule has 0 aliphatic carbocycles. The average molecular weight is 292 g/mol. The molecule has 1 aromatic carbocycles. The number of ether oxygens (including phenoxy) is 1. The maximum Gasteiger partial charge on any atom is 0.339 e. The number of hydrogen-bond acceptors (Lipinski definition) is 4. The summed E-state index contributed by atoms with van der Waals surface area (Å²) in [5, 5.41) is 2.77. The first-order valence-electron chi connectivity index (χ1n) is 7.15. The van der Waals surface area contributed by atoms with Crippen LogP contribution in [0.3, 0.4) is 0 Å². The fourth-order valence-electron chi connectivity index (χ4n) is 2.27. The van der Waals surface area contributed by atoms with Crippen molar-refractivity contribution in [3.63, 3.8) is 0 Å². The van der Waals surface area contributed by atoms with Crippen LogP contribution < -0.4 is 11.1 Å². The molecule has 0 spiro atoms. The number of amides is 1. The summed E-state index contributed by atoms with van der Waals surface area (Å²) in [5.74, 6) is 0.0369. The Hall–Kier alpha value is -1.88. The molecule has 0 unspecified atom stereocenters. The molecule has 0 aromatic heterocycles. The number of nitrogens with one attached hydrogen (secondary N) is 1. The number of anilines is 1. The van der Waals surface area contributed by atoms with Crippen molar-refractivity contribution in [1.82, 2.24) is 0 Å². The highest BCUT2D eigenvalue weighted by molar-refractivity contribution is 6.01. The Labute approximate surface area is 125 Å². The molecule has 3 N–H and O–H groups in total. The number of benzene rings is 1. The molecule has 0 saturated carbocycles. The Morgan fingerprint density at radius 2 is 1.95 bits per heavy atom. The van der Waals surface area contributed by atoms with Gasteiger partial charge in [-0.1, -0.05) is 26.0 Å². The van der Waals surface area contributed by atoms with E-state index >= 15 is 0 Å². The van der Waals surface area contributed by atoms with Crippen molar-refractivity contribution in [2.24, 2.45) is 17.6 Å². The molecule has 0 aliphatic rings. The number of rotatable bonds is 7. The van der Waals surface area contributed by atoms with Gasteiger partial charge < -0.3 is 15.8 Å². The van der Waals surface area contributed by atoms with Crippen molar-refractivity contribution < 1.29 is 14.3 Å². The van der Waals surface area contributed by atoms with Crippen molar-refractivity contribution >= 4 is 17.6 Å². The van der Waals surface area contributed by atoms with E-state index in [0.717, 1.165) is 6.42 Å². The minimum absolute atomic E-state index is 0.137. The normalized spacial score (nSPS) is 12.0. The third kappa shape index (κ3) is 5.55. The topological polar surface area (TPSA) is 81.4 Å². The molecule has 0 bridgehead atoms. The molecule has 116 valence electrons. The van der Waals surface area contributed by atoms with Crippen LogP contribution in [0.2, 0.25) is 0 Å². The van der Waals surface area contributed by atoms with E-state index in [1.807, 2.05) is 0 Å². The minimum Gasteiger partial charge on any atom is -0.465 e. The van der Waals surface area contributed by atoms with Crippen molar-refractivity contribution in [1.29, 1.82) is 0 Å². The number of para-hydroxylation sites is 1. The van der Waals surface area contributed by atoms with E-state index in [9.17, 15) is 9.59 Å². The van der Waals surface area contributed by atoms with Gasteiger partial charge in [0.05, 0.1) is 18.4 Å². The van der Waals surface area contributed by atoms with Gasteiger partial charge >= 0.3 is 5.97 Å². The molecule has 5 heteroatoms. The standard InChI is InChI=1S/C16H24N2O3/c1-11(2)8-12(10-17)9-15(19)18-14-7-5-4-6-13(14)16(20)21-3/h4-7,11-12H,8-10,17H2,1-3H3,(H,18,19)/t12-/m0/s1. The van der Waals surface area contributed by atoms with Gasteiger partial charge in [-0.25, -0.2) is 4.79 Å². The van der Waals surface area contributed by atoms with Gasteiger partial charge in [-0.15, -0.1) is 0 Å². The third-order valence-corrected chi connectivity index (χ3v) is 3.22. The van der Waals surface area contributed by atoms with Crippen molar-refractivity contribution in [3.8, 4) is 0 Å². The van der Waals surface area contributed by atoms with Crippen molar-refractivity contribution in [3.05, 3.63) is 29.8 Å². The van der Waals surface area contributed by atoms with E-state index in [1.165, 1.54) is 7.11 Å². The van der Waals surface area contributed by atoms with Gasteiger partial charge in [-0.2, -0.15) is 0 Å². The van der Waals surface area contributed by atoms with E-state index in [0.29, 0.717) is 30.1 Å². The van der Waals surface area contributed by atoms with Gasteiger partial charge in [0.2, 0.25) is 5.91 Å². The van der Waals surface area contributed by atoms with Gasteiger partial charge in [0.15, 0.2) is 0 Å².